The average molecular weight is 367 g/mol. The molecule has 1 amide bonds. The first-order chi connectivity index (χ1) is 12.3. The Kier molecular flexibility index (Phi) is 7.38. The normalized spacial score (nSPS) is 10.7. The first kappa shape index (κ1) is 20.7. The van der Waals surface area contributed by atoms with Crippen molar-refractivity contribution in [1.82, 2.24) is 15.8 Å². The number of hydrogen-bond donors (Lipinski definition) is 3. The number of hydrazine groups is 1. The van der Waals surface area contributed by atoms with Gasteiger partial charge >= 0.3 is 17.9 Å². The van der Waals surface area contributed by atoms with Crippen LogP contribution in [0.4, 0.5) is 0 Å². The third-order valence-electron chi connectivity index (χ3n) is 3.32. The predicted molar refractivity (Wildman–Crippen MR) is 88.9 cm³/mol. The zero-order valence-electron chi connectivity index (χ0n) is 15.1. The van der Waals surface area contributed by atoms with E-state index in [0.29, 0.717) is 11.3 Å². The molecule has 142 valence electrons. The zero-order chi connectivity index (χ0) is 19.9. The lowest BCUT2D eigenvalue weighted by Gasteiger charge is -2.10. The van der Waals surface area contributed by atoms with E-state index in [1.807, 2.05) is 0 Å². The number of nitrogens with one attached hydrogen (secondary N) is 3. The standard InChI is InChI=1S/C16H21N3O7/c1-6-26-16(23)12-8(2)13(17-9(12)3)14(21)19-18-10(15(22)25-5)7-11(20)24-4/h7,17-18H,6H2,1-5H3,(H,19,21)/b10-7+. The number of aromatic nitrogens is 1. The van der Waals surface area contributed by atoms with E-state index < -0.39 is 23.8 Å². The summed E-state index contributed by atoms with van der Waals surface area (Å²) in [6.45, 7) is 5.08. The van der Waals surface area contributed by atoms with E-state index in [2.05, 4.69) is 25.3 Å². The molecule has 0 unspecified atom stereocenters. The summed E-state index contributed by atoms with van der Waals surface area (Å²) in [6.07, 6.45) is 0.822. The molecule has 0 aromatic carbocycles. The average Bonchev–Trinajstić information content (AvgIpc) is 2.91. The van der Waals surface area contributed by atoms with Crippen LogP contribution in [0.1, 0.15) is 39.0 Å². The van der Waals surface area contributed by atoms with E-state index in [9.17, 15) is 19.2 Å². The van der Waals surface area contributed by atoms with E-state index in [-0.39, 0.29) is 23.6 Å². The molecule has 0 aliphatic heterocycles. The molecule has 0 spiro atoms. The fourth-order valence-electron chi connectivity index (χ4n) is 2.11. The second-order valence-electron chi connectivity index (χ2n) is 5.00. The molecule has 10 heteroatoms. The predicted octanol–water partition coefficient (Wildman–Crippen LogP) is 0.273. The Hall–Kier alpha value is -3.30. The van der Waals surface area contributed by atoms with E-state index in [0.717, 1.165) is 20.3 Å². The molecule has 0 saturated heterocycles. The van der Waals surface area contributed by atoms with Crippen LogP contribution in [0.5, 0.6) is 0 Å². The van der Waals surface area contributed by atoms with Crippen LogP contribution in [0.2, 0.25) is 0 Å². The number of amides is 1. The quantitative estimate of drug-likeness (QED) is 0.270. The summed E-state index contributed by atoms with van der Waals surface area (Å²) in [6, 6.07) is 0. The highest BCUT2D eigenvalue weighted by atomic mass is 16.5. The Bertz CT molecular complexity index is 749. The maximum absolute atomic E-state index is 12.3. The van der Waals surface area contributed by atoms with Crippen molar-refractivity contribution in [3.8, 4) is 0 Å². The maximum Gasteiger partial charge on any atom is 0.356 e. The fraction of sp³-hybridized carbons (Fsp3) is 0.375. The van der Waals surface area contributed by atoms with E-state index in [4.69, 9.17) is 4.74 Å². The third kappa shape index (κ3) is 4.85. The summed E-state index contributed by atoms with van der Waals surface area (Å²) in [4.78, 5) is 50.0. The van der Waals surface area contributed by atoms with Crippen LogP contribution in [-0.4, -0.2) is 49.6 Å². The van der Waals surface area contributed by atoms with Gasteiger partial charge in [-0.2, -0.15) is 0 Å². The third-order valence-corrected chi connectivity index (χ3v) is 3.32. The van der Waals surface area contributed by atoms with Gasteiger partial charge in [0.05, 0.1) is 32.5 Å². The summed E-state index contributed by atoms with van der Waals surface area (Å²) in [5.74, 6) is -2.92. The Balaban J connectivity index is 2.99. The molecule has 26 heavy (non-hydrogen) atoms. The van der Waals surface area contributed by atoms with Gasteiger partial charge in [-0.05, 0) is 26.3 Å². The lowest BCUT2D eigenvalue weighted by atomic mass is 10.1. The molecule has 0 radical (unpaired) electrons. The number of H-pyrrole nitrogens is 1. The van der Waals surface area contributed by atoms with Crippen LogP contribution in [0.15, 0.2) is 11.8 Å². The lowest BCUT2D eigenvalue weighted by molar-refractivity contribution is -0.138. The SMILES string of the molecule is CCOC(=O)c1c(C)[nH]c(C(=O)NN/C(=C/C(=O)OC)C(=O)OC)c1C. The largest absolute Gasteiger partial charge is 0.466 e. The van der Waals surface area contributed by atoms with Gasteiger partial charge in [0.2, 0.25) is 0 Å². The Morgan fingerprint density at radius 1 is 1.08 bits per heavy atom. The number of hydrogen-bond acceptors (Lipinski definition) is 8. The van der Waals surface area contributed by atoms with Crippen LogP contribution in [0, 0.1) is 13.8 Å². The summed E-state index contributed by atoms with van der Waals surface area (Å²) in [7, 11) is 2.25. The van der Waals surface area contributed by atoms with Crippen LogP contribution in [0.25, 0.3) is 0 Å². The molecule has 10 nitrogen and oxygen atoms in total. The summed E-state index contributed by atoms with van der Waals surface area (Å²) < 4.78 is 13.9. The van der Waals surface area contributed by atoms with Crippen LogP contribution >= 0.6 is 0 Å². The van der Waals surface area contributed by atoms with E-state index >= 15 is 0 Å². The van der Waals surface area contributed by atoms with Crippen LogP contribution in [0.3, 0.4) is 0 Å². The summed E-state index contributed by atoms with van der Waals surface area (Å²) in [5.41, 5.74) is 5.41. The van der Waals surface area contributed by atoms with Crippen molar-refractivity contribution in [1.29, 1.82) is 0 Å². The minimum atomic E-state index is -0.887. The van der Waals surface area contributed by atoms with Gasteiger partial charge in [0.25, 0.3) is 5.91 Å². The van der Waals surface area contributed by atoms with Crippen LogP contribution in [-0.2, 0) is 23.8 Å². The van der Waals surface area contributed by atoms with Crippen molar-refractivity contribution in [3.63, 3.8) is 0 Å². The number of aromatic amines is 1. The Morgan fingerprint density at radius 3 is 2.27 bits per heavy atom. The number of ether oxygens (including phenoxy) is 3. The minimum absolute atomic E-state index is 0.0975. The van der Waals surface area contributed by atoms with Gasteiger partial charge in [0, 0.05) is 5.69 Å². The van der Waals surface area contributed by atoms with Crippen molar-refractivity contribution in [2.75, 3.05) is 20.8 Å². The second kappa shape index (κ2) is 9.25. The van der Waals surface area contributed by atoms with Crippen molar-refractivity contribution < 1.29 is 33.4 Å². The van der Waals surface area contributed by atoms with Gasteiger partial charge < -0.3 is 19.2 Å². The maximum atomic E-state index is 12.3. The molecular formula is C16H21N3O7. The molecular weight excluding hydrogens is 346 g/mol. The van der Waals surface area contributed by atoms with Crippen molar-refractivity contribution in [2.45, 2.75) is 20.8 Å². The highest BCUT2D eigenvalue weighted by Gasteiger charge is 2.23. The first-order valence-electron chi connectivity index (χ1n) is 7.57. The Morgan fingerprint density at radius 2 is 1.73 bits per heavy atom. The van der Waals surface area contributed by atoms with Gasteiger partial charge in [0.15, 0.2) is 0 Å². The van der Waals surface area contributed by atoms with Crippen molar-refractivity contribution >= 4 is 23.8 Å². The monoisotopic (exact) mass is 367 g/mol. The highest BCUT2D eigenvalue weighted by molar-refractivity contribution is 6.01. The zero-order valence-corrected chi connectivity index (χ0v) is 15.1. The van der Waals surface area contributed by atoms with E-state index in [1.54, 1.807) is 20.8 Å². The van der Waals surface area contributed by atoms with Gasteiger partial charge in [-0.25, -0.2) is 14.4 Å². The summed E-state index contributed by atoms with van der Waals surface area (Å²) in [5, 5.41) is 0. The number of esters is 3. The second-order valence-corrected chi connectivity index (χ2v) is 5.00. The molecule has 0 bridgehead atoms. The lowest BCUT2D eigenvalue weighted by Crippen LogP contribution is -2.40. The topological polar surface area (TPSA) is 136 Å². The molecule has 0 saturated carbocycles. The highest BCUT2D eigenvalue weighted by Crippen LogP contribution is 2.18. The Labute approximate surface area is 149 Å². The molecule has 1 aromatic rings. The van der Waals surface area contributed by atoms with E-state index in [1.165, 1.54) is 0 Å². The molecule has 0 aliphatic carbocycles. The van der Waals surface area contributed by atoms with Crippen molar-refractivity contribution in [3.05, 3.63) is 34.3 Å². The molecule has 0 aliphatic rings. The molecule has 1 rings (SSSR count). The molecule has 1 heterocycles. The molecule has 0 atom stereocenters. The van der Waals surface area contributed by atoms with Gasteiger partial charge in [0.1, 0.15) is 11.4 Å². The minimum Gasteiger partial charge on any atom is -0.466 e. The number of carbonyl (C=O) groups is 4. The number of carbonyl (C=O) groups excluding carboxylic acids is 4. The van der Waals surface area contributed by atoms with Gasteiger partial charge in [-0.3, -0.25) is 15.6 Å². The number of rotatable bonds is 7. The number of methoxy groups -OCH3 is 2. The molecule has 0 fully saturated rings. The first-order valence-corrected chi connectivity index (χ1v) is 7.57. The fourth-order valence-corrected chi connectivity index (χ4v) is 2.11. The summed E-state index contributed by atoms with van der Waals surface area (Å²) >= 11 is 0. The molecule has 1 aromatic heterocycles. The van der Waals surface area contributed by atoms with Crippen molar-refractivity contribution in [2.24, 2.45) is 0 Å². The number of aryl methyl sites for hydroxylation is 1. The van der Waals surface area contributed by atoms with Gasteiger partial charge in [-0.15, -0.1) is 0 Å². The van der Waals surface area contributed by atoms with Crippen LogP contribution < -0.4 is 10.9 Å². The molecule has 3 N–H and O–H groups in total. The smallest absolute Gasteiger partial charge is 0.356 e. The van der Waals surface area contributed by atoms with Gasteiger partial charge in [-0.1, -0.05) is 0 Å².